The molecule has 4 unspecified atom stereocenters. The molecule has 0 aromatic rings. The molecule has 1 aliphatic heterocycles. The van der Waals surface area contributed by atoms with E-state index in [9.17, 15) is 4.79 Å². The van der Waals surface area contributed by atoms with Crippen LogP contribution < -0.4 is 0 Å². The Labute approximate surface area is 97.8 Å². The predicted molar refractivity (Wildman–Crippen MR) is 63.3 cm³/mol. The lowest BCUT2D eigenvalue weighted by atomic mass is 9.89. The van der Waals surface area contributed by atoms with Gasteiger partial charge in [-0.2, -0.15) is 0 Å². The zero-order valence-electron chi connectivity index (χ0n) is 10.4. The topological polar surface area (TPSA) is 40.5 Å². The zero-order valence-corrected chi connectivity index (χ0v) is 10.4. The Morgan fingerprint density at radius 2 is 2.00 bits per heavy atom. The summed E-state index contributed by atoms with van der Waals surface area (Å²) in [7, 11) is 0. The minimum absolute atomic E-state index is 0.108. The fraction of sp³-hybridized carbons (Fsp3) is 0.923. The van der Waals surface area contributed by atoms with Crippen molar-refractivity contribution in [1.82, 2.24) is 4.90 Å². The number of hydrogen-bond acceptors (Lipinski definition) is 2. The minimum atomic E-state index is -0.606. The maximum atomic E-state index is 11.0. The van der Waals surface area contributed by atoms with Crippen molar-refractivity contribution < 1.29 is 9.90 Å². The molecule has 1 N–H and O–H groups in total. The number of likely N-dealkylation sites (tertiary alicyclic amines) is 1. The molecular weight excluding hydrogens is 202 g/mol. The van der Waals surface area contributed by atoms with Crippen LogP contribution in [0, 0.1) is 11.8 Å². The summed E-state index contributed by atoms with van der Waals surface area (Å²) >= 11 is 0. The lowest BCUT2D eigenvalue weighted by Gasteiger charge is -2.41. The fourth-order valence-electron chi connectivity index (χ4n) is 3.53. The number of aliphatic carboxylic acids is 1. The van der Waals surface area contributed by atoms with Gasteiger partial charge in [0.25, 0.3) is 0 Å². The van der Waals surface area contributed by atoms with E-state index in [0.717, 1.165) is 25.3 Å². The van der Waals surface area contributed by atoms with E-state index < -0.39 is 5.97 Å². The summed E-state index contributed by atoms with van der Waals surface area (Å²) in [5.41, 5.74) is 0. The number of carboxylic acids is 1. The monoisotopic (exact) mass is 225 g/mol. The Morgan fingerprint density at radius 3 is 2.50 bits per heavy atom. The van der Waals surface area contributed by atoms with Gasteiger partial charge in [0.2, 0.25) is 0 Å². The third-order valence-corrected chi connectivity index (χ3v) is 4.52. The molecular formula is C13H23NO2. The molecule has 2 fully saturated rings. The molecule has 16 heavy (non-hydrogen) atoms. The van der Waals surface area contributed by atoms with Crippen LogP contribution in [0.3, 0.4) is 0 Å². The maximum absolute atomic E-state index is 11.0. The summed E-state index contributed by atoms with van der Waals surface area (Å²) in [6, 6.07) is 1.16. The quantitative estimate of drug-likeness (QED) is 0.784. The molecule has 0 radical (unpaired) electrons. The summed E-state index contributed by atoms with van der Waals surface area (Å²) in [6.45, 7) is 5.51. The average Bonchev–Trinajstić information content (AvgIpc) is 2.64. The van der Waals surface area contributed by atoms with Crippen LogP contribution in [0.15, 0.2) is 0 Å². The van der Waals surface area contributed by atoms with E-state index in [1.165, 1.54) is 19.3 Å². The number of piperidine rings is 1. The van der Waals surface area contributed by atoms with Crippen molar-refractivity contribution in [2.24, 2.45) is 11.8 Å². The molecule has 0 aromatic carbocycles. The molecule has 1 heterocycles. The molecule has 0 amide bonds. The molecule has 2 aliphatic rings. The first-order chi connectivity index (χ1) is 7.59. The first kappa shape index (κ1) is 11.9. The van der Waals surface area contributed by atoms with Gasteiger partial charge in [0.05, 0.1) is 5.92 Å². The molecule has 1 aliphatic carbocycles. The summed E-state index contributed by atoms with van der Waals surface area (Å²) in [5.74, 6) is 0.0813. The molecule has 4 atom stereocenters. The van der Waals surface area contributed by atoms with Crippen LogP contribution >= 0.6 is 0 Å². The highest BCUT2D eigenvalue weighted by atomic mass is 16.4. The Morgan fingerprint density at radius 1 is 1.25 bits per heavy atom. The van der Waals surface area contributed by atoms with Gasteiger partial charge in [-0.05, 0) is 45.1 Å². The fourth-order valence-corrected chi connectivity index (χ4v) is 3.53. The summed E-state index contributed by atoms with van der Waals surface area (Å²) in [5, 5.41) is 9.04. The Balaban J connectivity index is 1.96. The largest absolute Gasteiger partial charge is 0.481 e. The van der Waals surface area contributed by atoms with Crippen LogP contribution in [-0.2, 0) is 4.79 Å². The summed E-state index contributed by atoms with van der Waals surface area (Å²) < 4.78 is 0. The standard InChI is InChI=1S/C13H23NO2/c1-9-4-3-5-12(9)14-7-6-11(13(15)16)8-10(14)2/h9-12H,3-8H2,1-2H3,(H,15,16). The van der Waals surface area contributed by atoms with Crippen molar-refractivity contribution in [3.8, 4) is 0 Å². The molecule has 0 aromatic heterocycles. The van der Waals surface area contributed by atoms with Gasteiger partial charge >= 0.3 is 5.97 Å². The van der Waals surface area contributed by atoms with Gasteiger partial charge in [-0.1, -0.05) is 13.3 Å². The first-order valence-electron chi connectivity index (χ1n) is 6.58. The second-order valence-electron chi connectivity index (χ2n) is 5.62. The molecule has 3 nitrogen and oxygen atoms in total. The number of carboxylic acid groups (broad SMARTS) is 1. The van der Waals surface area contributed by atoms with Gasteiger partial charge in [-0.25, -0.2) is 0 Å². The number of carbonyl (C=O) groups is 1. The van der Waals surface area contributed by atoms with Gasteiger partial charge < -0.3 is 5.11 Å². The molecule has 1 saturated heterocycles. The van der Waals surface area contributed by atoms with Gasteiger partial charge in [-0.3, -0.25) is 9.69 Å². The Bertz CT molecular complexity index is 267. The van der Waals surface area contributed by atoms with Crippen molar-refractivity contribution in [3.63, 3.8) is 0 Å². The van der Waals surface area contributed by atoms with Crippen LogP contribution in [-0.4, -0.2) is 34.6 Å². The van der Waals surface area contributed by atoms with Gasteiger partial charge in [0.15, 0.2) is 0 Å². The molecule has 3 heteroatoms. The van der Waals surface area contributed by atoms with Gasteiger partial charge in [0, 0.05) is 12.1 Å². The van der Waals surface area contributed by atoms with Crippen molar-refractivity contribution in [3.05, 3.63) is 0 Å². The zero-order chi connectivity index (χ0) is 11.7. The van der Waals surface area contributed by atoms with Crippen molar-refractivity contribution in [2.45, 2.75) is 58.0 Å². The van der Waals surface area contributed by atoms with Crippen LogP contribution in [0.5, 0.6) is 0 Å². The first-order valence-corrected chi connectivity index (χ1v) is 6.58. The predicted octanol–water partition coefficient (Wildman–Crippen LogP) is 2.36. The van der Waals surface area contributed by atoms with Crippen LogP contribution in [0.25, 0.3) is 0 Å². The van der Waals surface area contributed by atoms with Gasteiger partial charge in [-0.15, -0.1) is 0 Å². The number of nitrogens with zero attached hydrogens (tertiary/aromatic N) is 1. The van der Waals surface area contributed by atoms with Crippen LogP contribution in [0.2, 0.25) is 0 Å². The minimum Gasteiger partial charge on any atom is -0.481 e. The second kappa shape index (κ2) is 4.74. The molecule has 0 spiro atoms. The number of rotatable bonds is 2. The van der Waals surface area contributed by atoms with Gasteiger partial charge in [0.1, 0.15) is 0 Å². The van der Waals surface area contributed by atoms with Crippen molar-refractivity contribution >= 4 is 5.97 Å². The van der Waals surface area contributed by atoms with E-state index in [1.807, 2.05) is 0 Å². The molecule has 2 rings (SSSR count). The average molecular weight is 225 g/mol. The lowest BCUT2D eigenvalue weighted by molar-refractivity contribution is -0.144. The van der Waals surface area contributed by atoms with E-state index in [1.54, 1.807) is 0 Å². The molecule has 92 valence electrons. The highest BCUT2D eigenvalue weighted by Crippen LogP contribution is 2.34. The van der Waals surface area contributed by atoms with Crippen molar-refractivity contribution in [1.29, 1.82) is 0 Å². The van der Waals surface area contributed by atoms with Crippen LogP contribution in [0.1, 0.15) is 46.0 Å². The van der Waals surface area contributed by atoms with E-state index in [0.29, 0.717) is 12.1 Å². The Kier molecular flexibility index (Phi) is 3.53. The summed E-state index contributed by atoms with van der Waals surface area (Å²) in [6.07, 6.45) is 5.67. The maximum Gasteiger partial charge on any atom is 0.306 e. The second-order valence-corrected chi connectivity index (χ2v) is 5.62. The smallest absolute Gasteiger partial charge is 0.306 e. The van der Waals surface area contributed by atoms with E-state index in [4.69, 9.17) is 5.11 Å². The van der Waals surface area contributed by atoms with Crippen LogP contribution in [0.4, 0.5) is 0 Å². The van der Waals surface area contributed by atoms with E-state index in [-0.39, 0.29) is 5.92 Å². The Hall–Kier alpha value is -0.570. The highest BCUT2D eigenvalue weighted by molar-refractivity contribution is 5.70. The van der Waals surface area contributed by atoms with Crippen molar-refractivity contribution in [2.75, 3.05) is 6.54 Å². The third kappa shape index (κ3) is 2.24. The highest BCUT2D eigenvalue weighted by Gasteiger charge is 2.36. The molecule has 0 bridgehead atoms. The normalized spacial score (nSPS) is 41.1. The SMILES string of the molecule is CC1CCCC1N1CCC(C(=O)O)CC1C. The van der Waals surface area contributed by atoms with E-state index in [2.05, 4.69) is 18.7 Å². The third-order valence-electron chi connectivity index (χ3n) is 4.52. The number of hydrogen-bond donors (Lipinski definition) is 1. The summed E-state index contributed by atoms with van der Waals surface area (Å²) in [4.78, 5) is 13.5. The lowest BCUT2D eigenvalue weighted by Crippen LogP contribution is -2.49. The molecule has 1 saturated carbocycles. The van der Waals surface area contributed by atoms with E-state index >= 15 is 0 Å².